The summed E-state index contributed by atoms with van der Waals surface area (Å²) < 4.78 is 26.0. The summed E-state index contributed by atoms with van der Waals surface area (Å²) in [5, 5.41) is 0. The molecule has 6 heteroatoms. The summed E-state index contributed by atoms with van der Waals surface area (Å²) in [5.41, 5.74) is 3.08. The molecule has 38 heavy (non-hydrogen) atoms. The van der Waals surface area contributed by atoms with Crippen molar-refractivity contribution in [3.8, 4) is 0 Å². The van der Waals surface area contributed by atoms with Crippen LogP contribution >= 0.6 is 11.8 Å². The third-order valence-corrected chi connectivity index (χ3v) is 7.71. The van der Waals surface area contributed by atoms with Gasteiger partial charge in [-0.25, -0.2) is 0 Å². The number of thioether (sulfide) groups is 1. The van der Waals surface area contributed by atoms with E-state index in [1.54, 1.807) is 18.7 Å². The molecule has 5 nitrogen and oxygen atoms in total. The number of carbonyl (C=O) groups is 1. The Hall–Kier alpha value is -2.48. The van der Waals surface area contributed by atoms with Crippen LogP contribution in [0.5, 0.6) is 0 Å². The van der Waals surface area contributed by atoms with Crippen LogP contribution in [0.1, 0.15) is 37.0 Å². The van der Waals surface area contributed by atoms with Crippen molar-refractivity contribution in [1.82, 2.24) is 0 Å². The molecule has 1 fully saturated rings. The Morgan fingerprint density at radius 2 is 1.26 bits per heavy atom. The Labute approximate surface area is 230 Å². The highest BCUT2D eigenvalue weighted by molar-refractivity contribution is 7.99. The van der Waals surface area contributed by atoms with E-state index in [0.717, 1.165) is 22.4 Å². The number of hydrogen-bond donors (Lipinski definition) is 0. The van der Waals surface area contributed by atoms with E-state index < -0.39 is 6.10 Å². The fraction of sp³-hybridized carbons (Fsp3) is 0.406. The molecule has 202 valence electrons. The van der Waals surface area contributed by atoms with Gasteiger partial charge in [0.2, 0.25) is 0 Å². The maximum atomic E-state index is 12.4. The zero-order chi connectivity index (χ0) is 26.6. The van der Waals surface area contributed by atoms with Crippen molar-refractivity contribution in [3.63, 3.8) is 0 Å². The van der Waals surface area contributed by atoms with Gasteiger partial charge in [0.1, 0.15) is 23.4 Å². The second-order valence-electron chi connectivity index (χ2n) is 9.59. The van der Waals surface area contributed by atoms with Crippen molar-refractivity contribution in [2.75, 3.05) is 12.4 Å². The second-order valence-corrected chi connectivity index (χ2v) is 11.0. The molecule has 4 rings (SSSR count). The van der Waals surface area contributed by atoms with Gasteiger partial charge in [-0.05, 0) is 29.4 Å². The molecule has 0 bridgehead atoms. The van der Waals surface area contributed by atoms with Gasteiger partial charge in [0.25, 0.3) is 0 Å². The van der Waals surface area contributed by atoms with Crippen molar-refractivity contribution >= 4 is 17.5 Å². The van der Waals surface area contributed by atoms with E-state index in [9.17, 15) is 4.79 Å². The summed E-state index contributed by atoms with van der Waals surface area (Å²) in [7, 11) is 0. The highest BCUT2D eigenvalue weighted by atomic mass is 32.2. The minimum atomic E-state index is -0.396. The van der Waals surface area contributed by atoms with Crippen molar-refractivity contribution in [3.05, 3.63) is 108 Å². The number of rotatable bonds is 14. The molecule has 5 atom stereocenters. The fourth-order valence-electron chi connectivity index (χ4n) is 4.79. The molecule has 0 N–H and O–H groups in total. The summed E-state index contributed by atoms with van der Waals surface area (Å²) in [5.74, 6) is 0.860. The van der Waals surface area contributed by atoms with E-state index in [2.05, 4.69) is 31.2 Å². The Balaban J connectivity index is 1.58. The van der Waals surface area contributed by atoms with Crippen LogP contribution in [-0.2, 0) is 43.6 Å². The fourth-order valence-corrected chi connectivity index (χ4v) is 5.84. The lowest BCUT2D eigenvalue weighted by atomic mass is 9.88. The van der Waals surface area contributed by atoms with Gasteiger partial charge in [-0.3, -0.25) is 0 Å². The van der Waals surface area contributed by atoms with Gasteiger partial charge in [-0.15, -0.1) is 11.8 Å². The lowest BCUT2D eigenvalue weighted by Crippen LogP contribution is -2.57. The van der Waals surface area contributed by atoms with Gasteiger partial charge >= 0.3 is 0 Å². The largest absolute Gasteiger partial charge is 0.374 e. The van der Waals surface area contributed by atoms with Crippen molar-refractivity contribution < 1.29 is 23.7 Å². The zero-order valence-corrected chi connectivity index (χ0v) is 23.1. The Morgan fingerprint density at radius 1 is 0.763 bits per heavy atom. The average Bonchev–Trinajstić information content (AvgIpc) is 2.94. The number of ketones is 1. The molecule has 0 aromatic heterocycles. The van der Waals surface area contributed by atoms with Crippen molar-refractivity contribution in [2.24, 2.45) is 5.92 Å². The van der Waals surface area contributed by atoms with Crippen LogP contribution in [0.3, 0.4) is 0 Å². The minimum Gasteiger partial charge on any atom is -0.374 e. The van der Waals surface area contributed by atoms with Crippen molar-refractivity contribution in [2.45, 2.75) is 63.8 Å². The second kappa shape index (κ2) is 15.2. The molecule has 1 aliphatic heterocycles. The van der Waals surface area contributed by atoms with Gasteiger partial charge < -0.3 is 23.7 Å². The molecule has 3 aromatic rings. The molecule has 0 spiro atoms. The topological polar surface area (TPSA) is 54.0 Å². The van der Waals surface area contributed by atoms with E-state index >= 15 is 0 Å². The predicted octanol–water partition coefficient (Wildman–Crippen LogP) is 6.45. The molecular weight excluding hydrogens is 496 g/mol. The van der Waals surface area contributed by atoms with E-state index in [1.165, 1.54) is 0 Å². The Morgan fingerprint density at radius 3 is 1.76 bits per heavy atom. The third-order valence-electron chi connectivity index (χ3n) is 6.59. The molecular formula is C32H38O5S. The van der Waals surface area contributed by atoms with Gasteiger partial charge in [-0.2, -0.15) is 0 Å². The lowest BCUT2D eigenvalue weighted by molar-refractivity contribution is -0.228. The summed E-state index contributed by atoms with van der Waals surface area (Å²) in [6.07, 6.45) is -0.686. The van der Waals surface area contributed by atoms with Crippen LogP contribution in [0.4, 0.5) is 0 Å². The molecule has 1 saturated heterocycles. The normalized spacial score (nSPS) is 23.3. The molecule has 0 radical (unpaired) electrons. The van der Waals surface area contributed by atoms with Crippen LogP contribution in [0.15, 0.2) is 91.0 Å². The van der Waals surface area contributed by atoms with Gasteiger partial charge in [0.05, 0.1) is 32.5 Å². The molecule has 0 saturated carbocycles. The van der Waals surface area contributed by atoms with Crippen LogP contribution in [-0.4, -0.2) is 41.9 Å². The maximum Gasteiger partial charge on any atom is 0.130 e. The number of ether oxygens (including phenoxy) is 4. The summed E-state index contributed by atoms with van der Waals surface area (Å²) in [6.45, 7) is 5.46. The lowest BCUT2D eigenvalue weighted by Gasteiger charge is -2.46. The van der Waals surface area contributed by atoms with E-state index in [0.29, 0.717) is 32.8 Å². The predicted molar refractivity (Wildman–Crippen MR) is 152 cm³/mol. The van der Waals surface area contributed by atoms with Gasteiger partial charge in [0.15, 0.2) is 0 Å². The maximum absolute atomic E-state index is 12.4. The third kappa shape index (κ3) is 8.52. The monoisotopic (exact) mass is 534 g/mol. The van der Waals surface area contributed by atoms with E-state index in [1.807, 2.05) is 66.7 Å². The average molecular weight is 535 g/mol. The van der Waals surface area contributed by atoms with Crippen LogP contribution in [0, 0.1) is 5.92 Å². The van der Waals surface area contributed by atoms with Gasteiger partial charge in [-0.1, -0.05) is 97.9 Å². The number of Topliss-reactive ketones (excluding diaryl/α,β-unsaturated/α-hetero) is 1. The van der Waals surface area contributed by atoms with E-state index in [4.69, 9.17) is 18.9 Å². The molecule has 1 aliphatic rings. The standard InChI is InChI=1S/C32H38O5S/c1-3-38-32-28(19-24(2)33)30(35-21-26-15-9-5-10-16-26)31(36-22-27-17-11-6-12-18-27)29(37-32)23-34-20-25-13-7-4-8-14-25/h4-18,28-32H,3,19-23H2,1-2H3/t28-,29-,30-,31+,32+/m1/s1. The Kier molecular flexibility index (Phi) is 11.4. The highest BCUT2D eigenvalue weighted by Crippen LogP contribution is 2.39. The quantitative estimate of drug-likeness (QED) is 0.237. The first-order valence-electron chi connectivity index (χ1n) is 13.3. The molecule has 0 unspecified atom stereocenters. The summed E-state index contributed by atoms with van der Waals surface area (Å²) in [4.78, 5) is 12.4. The first-order chi connectivity index (χ1) is 18.6. The van der Waals surface area contributed by atoms with Crippen LogP contribution in [0.25, 0.3) is 0 Å². The molecule has 0 aliphatic carbocycles. The van der Waals surface area contributed by atoms with E-state index in [-0.39, 0.29) is 29.3 Å². The Bertz CT molecular complexity index is 1080. The SMILES string of the molecule is CCS[C@@H]1O[C@H](COCc2ccccc2)[C@H](OCc2ccccc2)[C@H](OCc2ccccc2)[C@H]1CC(C)=O. The molecule has 3 aromatic carbocycles. The number of hydrogen-bond acceptors (Lipinski definition) is 6. The smallest absolute Gasteiger partial charge is 0.130 e. The highest BCUT2D eigenvalue weighted by Gasteiger charge is 2.47. The van der Waals surface area contributed by atoms with Gasteiger partial charge in [0, 0.05) is 12.3 Å². The zero-order valence-electron chi connectivity index (χ0n) is 22.2. The molecule has 1 heterocycles. The molecule has 0 amide bonds. The first kappa shape index (κ1) is 28.5. The van der Waals surface area contributed by atoms with Crippen LogP contribution < -0.4 is 0 Å². The summed E-state index contributed by atoms with van der Waals surface area (Å²) >= 11 is 1.71. The van der Waals surface area contributed by atoms with Crippen LogP contribution in [0.2, 0.25) is 0 Å². The van der Waals surface area contributed by atoms with Crippen molar-refractivity contribution in [1.29, 1.82) is 0 Å². The number of carbonyl (C=O) groups excluding carboxylic acids is 1. The minimum absolute atomic E-state index is 0.120. The first-order valence-corrected chi connectivity index (χ1v) is 14.4. The summed E-state index contributed by atoms with van der Waals surface area (Å²) in [6, 6.07) is 30.3. The number of benzene rings is 3.